The fraction of sp³-hybridized carbons (Fsp3) is 0. The first kappa shape index (κ1) is 17.4. The van der Waals surface area contributed by atoms with E-state index in [2.05, 4.69) is 10.5 Å². The molecule has 3 aromatic carbocycles. The molecule has 3 aromatic rings. The Bertz CT molecular complexity index is 1050. The summed E-state index contributed by atoms with van der Waals surface area (Å²) in [7, 11) is 0. The summed E-state index contributed by atoms with van der Waals surface area (Å²) in [6, 6.07) is 14.7. The number of amides is 2. The van der Waals surface area contributed by atoms with Gasteiger partial charge in [-0.2, -0.15) is 5.10 Å². The number of nitrogens with zero attached hydrogens (tertiary/aromatic N) is 1. The quantitative estimate of drug-likeness (QED) is 0.487. The molecule has 0 fully saturated rings. The Balaban J connectivity index is 1.85. The highest BCUT2D eigenvalue weighted by Crippen LogP contribution is 2.24. The first-order valence-corrected chi connectivity index (χ1v) is 7.98. The monoisotopic (exact) mass is 367 g/mol. The molecule has 0 spiro atoms. The molecule has 26 heavy (non-hydrogen) atoms. The van der Waals surface area contributed by atoms with Gasteiger partial charge in [0, 0.05) is 16.7 Å². The Kier molecular flexibility index (Phi) is 4.86. The van der Waals surface area contributed by atoms with E-state index in [0.29, 0.717) is 10.9 Å². The zero-order valence-electron chi connectivity index (χ0n) is 13.4. The molecule has 6 nitrogen and oxygen atoms in total. The third-order valence-electron chi connectivity index (χ3n) is 3.80. The summed E-state index contributed by atoms with van der Waals surface area (Å²) >= 11 is 5.79. The first-order chi connectivity index (χ1) is 12.5. The molecule has 130 valence electrons. The van der Waals surface area contributed by atoms with Gasteiger partial charge in [0.05, 0.1) is 11.2 Å². The topological polar surface area (TPSA) is 105 Å². The smallest absolute Gasteiger partial charge is 0.271 e. The lowest BCUT2D eigenvalue weighted by Gasteiger charge is -2.06. The van der Waals surface area contributed by atoms with Gasteiger partial charge in [0.2, 0.25) is 5.91 Å². The Morgan fingerprint density at radius 3 is 2.50 bits per heavy atom. The van der Waals surface area contributed by atoms with E-state index >= 15 is 0 Å². The predicted octanol–water partition coefficient (Wildman–Crippen LogP) is 3.06. The molecule has 0 atom stereocenters. The molecular formula is C19H14ClN3O3. The third-order valence-corrected chi connectivity index (χ3v) is 4.11. The molecule has 7 heteroatoms. The van der Waals surface area contributed by atoms with Crippen LogP contribution in [0, 0.1) is 0 Å². The summed E-state index contributed by atoms with van der Waals surface area (Å²) in [6.07, 6.45) is 1.48. The molecule has 2 amide bonds. The average molecular weight is 368 g/mol. The van der Waals surface area contributed by atoms with Crippen LogP contribution in [0.3, 0.4) is 0 Å². The highest BCUT2D eigenvalue weighted by Gasteiger charge is 2.09. The molecule has 0 saturated heterocycles. The minimum absolute atomic E-state index is 0.0784. The van der Waals surface area contributed by atoms with Gasteiger partial charge in [0.15, 0.2) is 0 Å². The molecule has 0 aliphatic carbocycles. The number of aromatic hydroxyl groups is 1. The number of hydrogen-bond donors (Lipinski definition) is 3. The van der Waals surface area contributed by atoms with Crippen molar-refractivity contribution < 1.29 is 14.7 Å². The van der Waals surface area contributed by atoms with Gasteiger partial charge in [-0.3, -0.25) is 9.59 Å². The van der Waals surface area contributed by atoms with Crippen molar-refractivity contribution in [3.8, 4) is 5.75 Å². The maximum absolute atomic E-state index is 12.1. The van der Waals surface area contributed by atoms with E-state index in [1.54, 1.807) is 18.2 Å². The fourth-order valence-electron chi connectivity index (χ4n) is 2.52. The lowest BCUT2D eigenvalue weighted by Crippen LogP contribution is -2.17. The third kappa shape index (κ3) is 3.50. The van der Waals surface area contributed by atoms with Gasteiger partial charge in [0.25, 0.3) is 5.91 Å². The predicted molar refractivity (Wildman–Crippen MR) is 101 cm³/mol. The summed E-state index contributed by atoms with van der Waals surface area (Å²) in [5.41, 5.74) is 9.19. The minimum atomic E-state index is -0.512. The van der Waals surface area contributed by atoms with Gasteiger partial charge >= 0.3 is 0 Å². The molecule has 0 radical (unpaired) electrons. The van der Waals surface area contributed by atoms with E-state index in [0.717, 1.165) is 10.9 Å². The maximum atomic E-state index is 12.1. The van der Waals surface area contributed by atoms with Crippen LogP contribution in [-0.4, -0.2) is 23.1 Å². The number of nitrogens with two attached hydrogens (primary N) is 1. The van der Waals surface area contributed by atoms with Crippen LogP contribution in [0.1, 0.15) is 26.3 Å². The van der Waals surface area contributed by atoms with Crippen LogP contribution in [0.15, 0.2) is 59.7 Å². The molecule has 0 saturated carbocycles. The fourth-order valence-corrected chi connectivity index (χ4v) is 2.70. The number of primary amides is 1. The summed E-state index contributed by atoms with van der Waals surface area (Å²) in [6.45, 7) is 0. The van der Waals surface area contributed by atoms with E-state index in [9.17, 15) is 14.7 Å². The Morgan fingerprint density at radius 1 is 1.08 bits per heavy atom. The normalized spacial score (nSPS) is 11.0. The van der Waals surface area contributed by atoms with E-state index in [1.165, 1.54) is 24.4 Å². The zero-order valence-corrected chi connectivity index (χ0v) is 14.2. The second-order valence-electron chi connectivity index (χ2n) is 5.48. The standard InChI is InChI=1S/C19H14ClN3O3/c20-16-9-11(6-8-17(16)24)19(26)23-22-10-12-5-7-15(18(21)25)14-4-2-1-3-13(12)14/h1-10,24H,(H2,21,25)(H,23,26)/b22-10+. The molecule has 0 aliphatic heterocycles. The number of carbonyl (C=O) groups excluding carboxylic acids is 2. The SMILES string of the molecule is NC(=O)c1ccc(/C=N/NC(=O)c2ccc(O)c(Cl)c2)c2ccccc12. The lowest BCUT2D eigenvalue weighted by molar-refractivity contribution is 0.0953. The van der Waals surface area contributed by atoms with Gasteiger partial charge in [0.1, 0.15) is 5.75 Å². The maximum Gasteiger partial charge on any atom is 0.271 e. The highest BCUT2D eigenvalue weighted by atomic mass is 35.5. The number of phenols is 1. The number of hydrogen-bond acceptors (Lipinski definition) is 4. The van der Waals surface area contributed by atoms with Crippen molar-refractivity contribution in [2.45, 2.75) is 0 Å². The second kappa shape index (κ2) is 7.25. The zero-order chi connectivity index (χ0) is 18.7. The number of rotatable bonds is 4. The molecular weight excluding hydrogens is 354 g/mol. The largest absolute Gasteiger partial charge is 0.506 e. The summed E-state index contributed by atoms with van der Waals surface area (Å²) in [4.78, 5) is 23.6. The van der Waals surface area contributed by atoms with Crippen molar-refractivity contribution in [3.05, 3.63) is 76.3 Å². The molecule has 4 N–H and O–H groups in total. The van der Waals surface area contributed by atoms with Crippen LogP contribution in [0.4, 0.5) is 0 Å². The van der Waals surface area contributed by atoms with Crippen molar-refractivity contribution in [2.24, 2.45) is 10.8 Å². The second-order valence-corrected chi connectivity index (χ2v) is 5.88. The summed E-state index contributed by atoms with van der Waals surface area (Å²) < 4.78 is 0. The Labute approximate surface area is 153 Å². The highest BCUT2D eigenvalue weighted by molar-refractivity contribution is 6.32. The number of carbonyl (C=O) groups is 2. The van der Waals surface area contributed by atoms with E-state index < -0.39 is 11.8 Å². The van der Waals surface area contributed by atoms with Crippen LogP contribution in [-0.2, 0) is 0 Å². The molecule has 3 rings (SSSR count). The van der Waals surface area contributed by atoms with Gasteiger partial charge in [-0.1, -0.05) is 41.9 Å². The van der Waals surface area contributed by atoms with Crippen LogP contribution in [0.5, 0.6) is 5.75 Å². The number of benzene rings is 3. The lowest BCUT2D eigenvalue weighted by atomic mass is 10.00. The van der Waals surface area contributed by atoms with E-state index in [1.807, 2.05) is 18.2 Å². The molecule has 0 aromatic heterocycles. The molecule has 0 unspecified atom stereocenters. The summed E-state index contributed by atoms with van der Waals surface area (Å²) in [5, 5.41) is 14.9. The van der Waals surface area contributed by atoms with Gasteiger partial charge < -0.3 is 10.8 Å². The molecule has 0 heterocycles. The molecule has 0 bridgehead atoms. The van der Waals surface area contributed by atoms with Crippen LogP contribution >= 0.6 is 11.6 Å². The van der Waals surface area contributed by atoms with Crippen molar-refractivity contribution in [1.82, 2.24) is 5.43 Å². The van der Waals surface area contributed by atoms with Gasteiger partial charge in [-0.15, -0.1) is 0 Å². The number of nitrogens with one attached hydrogen (secondary N) is 1. The van der Waals surface area contributed by atoms with Crippen LogP contribution in [0.25, 0.3) is 10.8 Å². The summed E-state index contributed by atoms with van der Waals surface area (Å²) in [5.74, 6) is -1.09. The molecule has 0 aliphatic rings. The Hall–Kier alpha value is -3.38. The van der Waals surface area contributed by atoms with Crippen molar-refractivity contribution in [2.75, 3.05) is 0 Å². The first-order valence-electron chi connectivity index (χ1n) is 7.61. The van der Waals surface area contributed by atoms with Crippen molar-refractivity contribution >= 4 is 40.4 Å². The number of hydrazone groups is 1. The van der Waals surface area contributed by atoms with Gasteiger partial charge in [-0.05, 0) is 35.0 Å². The van der Waals surface area contributed by atoms with Crippen LogP contribution < -0.4 is 11.2 Å². The number of fused-ring (bicyclic) bond motifs is 1. The van der Waals surface area contributed by atoms with Crippen molar-refractivity contribution in [3.63, 3.8) is 0 Å². The number of phenolic OH excluding ortho intramolecular Hbond substituents is 1. The Morgan fingerprint density at radius 2 is 1.81 bits per heavy atom. The minimum Gasteiger partial charge on any atom is -0.506 e. The average Bonchev–Trinajstić information content (AvgIpc) is 2.63. The van der Waals surface area contributed by atoms with Crippen molar-refractivity contribution in [1.29, 1.82) is 0 Å². The van der Waals surface area contributed by atoms with Gasteiger partial charge in [-0.25, -0.2) is 5.43 Å². The van der Waals surface area contributed by atoms with Crippen LogP contribution in [0.2, 0.25) is 5.02 Å². The van der Waals surface area contributed by atoms with E-state index in [-0.39, 0.29) is 16.3 Å². The number of halogens is 1. The van der Waals surface area contributed by atoms with E-state index in [4.69, 9.17) is 17.3 Å².